The van der Waals surface area contributed by atoms with Gasteiger partial charge in [0.2, 0.25) is 0 Å². The first-order valence-corrected chi connectivity index (χ1v) is 10.6. The summed E-state index contributed by atoms with van der Waals surface area (Å²) in [5, 5.41) is 19.0. The van der Waals surface area contributed by atoms with E-state index < -0.39 is 0 Å². The van der Waals surface area contributed by atoms with E-state index in [1.165, 1.54) is 0 Å². The highest BCUT2D eigenvalue weighted by atomic mass is 16.2. The van der Waals surface area contributed by atoms with Crippen LogP contribution in [0.25, 0.3) is 28.3 Å². The molecule has 3 heterocycles. The van der Waals surface area contributed by atoms with Gasteiger partial charge in [0.25, 0.3) is 0 Å². The van der Waals surface area contributed by atoms with Gasteiger partial charge in [-0.25, -0.2) is 4.79 Å². The van der Waals surface area contributed by atoms with Crippen LogP contribution in [0.2, 0.25) is 0 Å². The van der Waals surface area contributed by atoms with Crippen molar-refractivity contribution in [3.8, 4) is 22.6 Å². The predicted octanol–water partition coefficient (Wildman–Crippen LogP) is 5.06. The molecule has 2 N–H and O–H groups in total. The fraction of sp³-hybridized carbons (Fsp3) is 0.0800. The second-order valence-corrected chi connectivity index (χ2v) is 7.42. The molecule has 0 saturated heterocycles. The van der Waals surface area contributed by atoms with Crippen LogP contribution in [0.3, 0.4) is 0 Å². The van der Waals surface area contributed by atoms with E-state index in [4.69, 9.17) is 5.10 Å². The number of hydrogen-bond acceptors (Lipinski definition) is 5. The first-order chi connectivity index (χ1) is 16.2. The highest BCUT2D eigenvalue weighted by Gasteiger charge is 2.12. The van der Waals surface area contributed by atoms with Gasteiger partial charge in [-0.3, -0.25) is 4.98 Å². The van der Waals surface area contributed by atoms with E-state index in [1.807, 2.05) is 72.8 Å². The summed E-state index contributed by atoms with van der Waals surface area (Å²) in [7, 11) is 0. The summed E-state index contributed by atoms with van der Waals surface area (Å²) in [5.74, 6) is 0.614. The summed E-state index contributed by atoms with van der Waals surface area (Å²) in [5.41, 5.74) is 5.60. The summed E-state index contributed by atoms with van der Waals surface area (Å²) >= 11 is 0. The van der Waals surface area contributed by atoms with Crippen molar-refractivity contribution in [2.24, 2.45) is 0 Å². The van der Waals surface area contributed by atoms with E-state index >= 15 is 0 Å². The Bertz CT molecular complexity index is 1430. The van der Waals surface area contributed by atoms with E-state index in [0.717, 1.165) is 34.5 Å². The average molecular weight is 435 g/mol. The van der Waals surface area contributed by atoms with Crippen LogP contribution in [0.15, 0.2) is 85.2 Å². The topological polar surface area (TPSA) is 97.1 Å². The van der Waals surface area contributed by atoms with Crippen molar-refractivity contribution in [3.63, 3.8) is 0 Å². The third-order valence-corrected chi connectivity index (χ3v) is 5.25. The molecule has 33 heavy (non-hydrogen) atoms. The SMILES string of the molecule is CCc1ccccc1NC(=O)Nc1cccc(-c2ccc3nnc(-c4cccnc4)n3n2)c1. The molecule has 0 aliphatic rings. The van der Waals surface area contributed by atoms with Crippen molar-refractivity contribution in [1.29, 1.82) is 0 Å². The molecule has 8 heteroatoms. The van der Waals surface area contributed by atoms with Gasteiger partial charge >= 0.3 is 6.03 Å². The molecule has 0 unspecified atom stereocenters. The van der Waals surface area contributed by atoms with Gasteiger partial charge in [-0.15, -0.1) is 10.2 Å². The standard InChI is InChI=1S/C25H21N7O/c1-2-17-7-3-4-11-21(17)28-25(33)27-20-10-5-8-18(15-20)22-12-13-23-29-30-24(32(23)31-22)19-9-6-14-26-16-19/h3-16H,2H2,1H3,(H2,27,28,33). The van der Waals surface area contributed by atoms with Crippen LogP contribution >= 0.6 is 0 Å². The van der Waals surface area contributed by atoms with Crippen molar-refractivity contribution in [2.45, 2.75) is 13.3 Å². The minimum atomic E-state index is -0.297. The maximum Gasteiger partial charge on any atom is 0.323 e. The molecule has 0 aliphatic heterocycles. The largest absolute Gasteiger partial charge is 0.323 e. The lowest BCUT2D eigenvalue weighted by Crippen LogP contribution is -2.20. The first-order valence-electron chi connectivity index (χ1n) is 10.6. The fourth-order valence-electron chi connectivity index (χ4n) is 3.61. The molecule has 0 fully saturated rings. The fourth-order valence-corrected chi connectivity index (χ4v) is 3.61. The second kappa shape index (κ2) is 8.88. The highest BCUT2D eigenvalue weighted by molar-refractivity contribution is 6.00. The molecule has 5 aromatic rings. The maximum absolute atomic E-state index is 12.6. The third kappa shape index (κ3) is 4.27. The Morgan fingerprint density at radius 1 is 0.909 bits per heavy atom. The summed E-state index contributed by atoms with van der Waals surface area (Å²) in [6.45, 7) is 2.06. The first kappa shape index (κ1) is 20.3. The van der Waals surface area contributed by atoms with Crippen LogP contribution in [0.1, 0.15) is 12.5 Å². The van der Waals surface area contributed by atoms with Gasteiger partial charge in [0.05, 0.1) is 5.69 Å². The van der Waals surface area contributed by atoms with Gasteiger partial charge in [-0.05, 0) is 54.4 Å². The zero-order chi connectivity index (χ0) is 22.6. The zero-order valence-electron chi connectivity index (χ0n) is 17.9. The second-order valence-electron chi connectivity index (χ2n) is 7.42. The number of carbonyl (C=O) groups is 1. The van der Waals surface area contributed by atoms with Gasteiger partial charge < -0.3 is 10.6 Å². The molecule has 0 bridgehead atoms. The highest BCUT2D eigenvalue weighted by Crippen LogP contribution is 2.23. The maximum atomic E-state index is 12.6. The van der Waals surface area contributed by atoms with Crippen molar-refractivity contribution in [2.75, 3.05) is 10.6 Å². The summed E-state index contributed by atoms with van der Waals surface area (Å²) in [6, 6.07) is 22.5. The predicted molar refractivity (Wildman–Crippen MR) is 128 cm³/mol. The van der Waals surface area contributed by atoms with E-state index in [-0.39, 0.29) is 6.03 Å². The number of nitrogens with one attached hydrogen (secondary N) is 2. The smallest absolute Gasteiger partial charge is 0.308 e. The molecular weight excluding hydrogens is 414 g/mol. The van der Waals surface area contributed by atoms with Crippen molar-refractivity contribution in [1.82, 2.24) is 24.8 Å². The normalized spacial score (nSPS) is 10.8. The van der Waals surface area contributed by atoms with Gasteiger partial charge in [0, 0.05) is 34.9 Å². The zero-order valence-corrected chi connectivity index (χ0v) is 17.9. The molecule has 8 nitrogen and oxygen atoms in total. The number of nitrogens with zero attached hydrogens (tertiary/aromatic N) is 5. The van der Waals surface area contributed by atoms with Crippen molar-refractivity contribution < 1.29 is 4.79 Å². The lowest BCUT2D eigenvalue weighted by atomic mass is 10.1. The number of aromatic nitrogens is 5. The number of benzene rings is 2. The number of rotatable bonds is 5. The molecule has 0 atom stereocenters. The molecule has 5 rings (SSSR count). The number of fused-ring (bicyclic) bond motifs is 1. The summed E-state index contributed by atoms with van der Waals surface area (Å²) in [4.78, 5) is 16.7. The Kier molecular flexibility index (Phi) is 5.47. The van der Waals surface area contributed by atoms with Crippen molar-refractivity contribution >= 4 is 23.1 Å². The molecule has 3 aromatic heterocycles. The van der Waals surface area contributed by atoms with Crippen LogP contribution in [0.5, 0.6) is 0 Å². The molecule has 0 aliphatic carbocycles. The number of aryl methyl sites for hydroxylation is 1. The Morgan fingerprint density at radius 3 is 2.64 bits per heavy atom. The number of urea groups is 1. The van der Waals surface area contributed by atoms with Crippen LogP contribution in [0.4, 0.5) is 16.2 Å². The molecular formula is C25H21N7O. The van der Waals surface area contributed by atoms with Gasteiger partial charge in [-0.1, -0.05) is 37.3 Å². The van der Waals surface area contributed by atoms with Crippen molar-refractivity contribution in [3.05, 3.63) is 90.8 Å². The lowest BCUT2D eigenvalue weighted by molar-refractivity contribution is 0.262. The molecule has 0 radical (unpaired) electrons. The minimum absolute atomic E-state index is 0.297. The average Bonchev–Trinajstić information content (AvgIpc) is 3.28. The number of carbonyl (C=O) groups excluding carboxylic acids is 1. The molecule has 2 aromatic carbocycles. The Hall–Kier alpha value is -4.59. The molecule has 0 saturated carbocycles. The number of amides is 2. The van der Waals surface area contributed by atoms with E-state index in [9.17, 15) is 4.79 Å². The third-order valence-electron chi connectivity index (χ3n) is 5.25. The van der Waals surface area contributed by atoms with E-state index in [0.29, 0.717) is 17.2 Å². The monoisotopic (exact) mass is 435 g/mol. The van der Waals surface area contributed by atoms with Gasteiger partial charge in [-0.2, -0.15) is 9.61 Å². The summed E-state index contributed by atoms with van der Waals surface area (Å²) in [6.07, 6.45) is 4.27. The quantitative estimate of drug-likeness (QED) is 0.402. The molecule has 2 amide bonds. The van der Waals surface area contributed by atoms with E-state index in [2.05, 4.69) is 32.7 Å². The number of hydrogen-bond donors (Lipinski definition) is 2. The number of pyridine rings is 1. The summed E-state index contributed by atoms with van der Waals surface area (Å²) < 4.78 is 1.70. The molecule has 0 spiro atoms. The Morgan fingerprint density at radius 2 is 1.79 bits per heavy atom. The molecule has 162 valence electrons. The Balaban J connectivity index is 1.40. The number of anilines is 2. The van der Waals surface area contributed by atoms with E-state index in [1.54, 1.807) is 16.9 Å². The van der Waals surface area contributed by atoms with Gasteiger partial charge in [0.1, 0.15) is 0 Å². The Labute approximate surface area is 190 Å². The van der Waals surface area contributed by atoms with Crippen LogP contribution in [0, 0.1) is 0 Å². The van der Waals surface area contributed by atoms with Crippen LogP contribution < -0.4 is 10.6 Å². The van der Waals surface area contributed by atoms with Crippen LogP contribution in [-0.4, -0.2) is 30.8 Å². The lowest BCUT2D eigenvalue weighted by Gasteiger charge is -2.11. The number of para-hydroxylation sites is 1. The minimum Gasteiger partial charge on any atom is -0.308 e. The van der Waals surface area contributed by atoms with Crippen LogP contribution in [-0.2, 0) is 6.42 Å². The van der Waals surface area contributed by atoms with Gasteiger partial charge in [0.15, 0.2) is 11.5 Å².